The first-order chi connectivity index (χ1) is 11.8. The summed E-state index contributed by atoms with van der Waals surface area (Å²) in [5.74, 6) is -0.203. The summed E-state index contributed by atoms with van der Waals surface area (Å²) in [6, 6.07) is 3.50. The number of nitrogens with two attached hydrogens (primary N) is 1. The highest BCUT2D eigenvalue weighted by atomic mass is 32.2. The summed E-state index contributed by atoms with van der Waals surface area (Å²) in [7, 11) is -3.99. The minimum Gasteiger partial charge on any atom is -0.466 e. The number of nitro groups is 1. The number of primary sulfonamides is 1. The van der Waals surface area contributed by atoms with Gasteiger partial charge >= 0.3 is 5.97 Å². The second-order valence-corrected chi connectivity index (χ2v) is 6.94. The van der Waals surface area contributed by atoms with Gasteiger partial charge in [0.2, 0.25) is 10.0 Å². The molecule has 0 heterocycles. The lowest BCUT2D eigenvalue weighted by molar-refractivity contribution is -0.384. The number of hydrogen-bond donors (Lipinski definition) is 2. The van der Waals surface area contributed by atoms with Gasteiger partial charge in [0.15, 0.2) is 0 Å². The molecule has 1 aromatic rings. The molecule has 0 aromatic heterocycles. The lowest BCUT2D eigenvalue weighted by Gasteiger charge is -2.08. The number of benzene rings is 1. The predicted octanol–water partition coefficient (Wildman–Crippen LogP) is 2.17. The Balaban J connectivity index is 2.45. The van der Waals surface area contributed by atoms with Gasteiger partial charge in [-0.2, -0.15) is 0 Å². The molecule has 25 heavy (non-hydrogen) atoms. The summed E-state index contributed by atoms with van der Waals surface area (Å²) in [6.45, 7) is 2.64. The third-order valence-electron chi connectivity index (χ3n) is 3.42. The molecule has 0 saturated heterocycles. The molecule has 0 radical (unpaired) electrons. The summed E-state index contributed by atoms with van der Waals surface area (Å²) < 4.78 is 27.4. The highest BCUT2D eigenvalue weighted by Gasteiger charge is 2.18. The Hall–Kier alpha value is -2.20. The Kier molecular flexibility index (Phi) is 8.29. The van der Waals surface area contributed by atoms with Crippen molar-refractivity contribution in [1.82, 2.24) is 0 Å². The number of rotatable bonds is 11. The van der Waals surface area contributed by atoms with Crippen LogP contribution < -0.4 is 10.5 Å². The van der Waals surface area contributed by atoms with Crippen molar-refractivity contribution in [2.75, 3.05) is 18.5 Å². The molecule has 1 aromatic carbocycles. The Morgan fingerprint density at radius 1 is 1.28 bits per heavy atom. The van der Waals surface area contributed by atoms with Gasteiger partial charge in [0.1, 0.15) is 5.69 Å². The number of sulfonamides is 1. The highest BCUT2D eigenvalue weighted by molar-refractivity contribution is 7.89. The monoisotopic (exact) mass is 373 g/mol. The van der Waals surface area contributed by atoms with E-state index < -0.39 is 14.9 Å². The van der Waals surface area contributed by atoms with Gasteiger partial charge in [-0.25, -0.2) is 13.6 Å². The van der Waals surface area contributed by atoms with Crippen LogP contribution in [0.5, 0.6) is 0 Å². The predicted molar refractivity (Wildman–Crippen MR) is 92.7 cm³/mol. The molecule has 9 nitrogen and oxygen atoms in total. The molecule has 0 bridgehead atoms. The molecule has 0 spiro atoms. The Bertz CT molecular complexity index is 705. The summed E-state index contributed by atoms with van der Waals surface area (Å²) in [5, 5.41) is 19.0. The molecular weight excluding hydrogens is 350 g/mol. The summed E-state index contributed by atoms with van der Waals surface area (Å²) in [5.41, 5.74) is -0.0993. The number of esters is 1. The smallest absolute Gasteiger partial charge is 0.305 e. The minimum atomic E-state index is -3.99. The number of carbonyl (C=O) groups excluding carboxylic acids is 1. The van der Waals surface area contributed by atoms with Crippen LogP contribution >= 0.6 is 0 Å². The summed E-state index contributed by atoms with van der Waals surface area (Å²) in [4.78, 5) is 21.3. The number of carbonyl (C=O) groups is 1. The average molecular weight is 373 g/mol. The molecule has 1 rings (SSSR count). The van der Waals surface area contributed by atoms with Gasteiger partial charge in [-0.05, 0) is 31.9 Å². The minimum absolute atomic E-state index is 0.203. The van der Waals surface area contributed by atoms with Gasteiger partial charge in [0, 0.05) is 19.0 Å². The molecule has 3 N–H and O–H groups in total. The lowest BCUT2D eigenvalue weighted by atomic mass is 10.1. The van der Waals surface area contributed by atoms with Gasteiger partial charge in [0.25, 0.3) is 5.69 Å². The standard InChI is InChI=1S/C15H23N3O6S/c1-2-24-15(19)7-5-3-4-6-10-17-13-9-8-12(25(16,22)23)11-14(13)18(20)21/h8-9,11,17H,2-7,10H2,1H3,(H2,16,22,23). The van der Waals surface area contributed by atoms with Crippen LogP contribution in [0.1, 0.15) is 39.0 Å². The maximum absolute atomic E-state index is 11.3. The van der Waals surface area contributed by atoms with E-state index >= 15 is 0 Å². The van der Waals surface area contributed by atoms with Crippen molar-refractivity contribution in [2.24, 2.45) is 5.14 Å². The fourth-order valence-corrected chi connectivity index (χ4v) is 2.73. The molecule has 0 aliphatic heterocycles. The van der Waals surface area contributed by atoms with Crippen LogP contribution in [0.25, 0.3) is 0 Å². The fraction of sp³-hybridized carbons (Fsp3) is 0.533. The first kappa shape index (κ1) is 20.8. The van der Waals surface area contributed by atoms with E-state index in [0.717, 1.165) is 31.7 Å². The van der Waals surface area contributed by atoms with Gasteiger partial charge in [0.05, 0.1) is 16.4 Å². The number of anilines is 1. The molecule has 10 heteroatoms. The Labute approximate surface area is 146 Å². The highest BCUT2D eigenvalue weighted by Crippen LogP contribution is 2.27. The lowest BCUT2D eigenvalue weighted by Crippen LogP contribution is -2.13. The van der Waals surface area contributed by atoms with Crippen LogP contribution in [0.15, 0.2) is 23.1 Å². The van der Waals surface area contributed by atoms with Crippen molar-refractivity contribution in [3.63, 3.8) is 0 Å². The van der Waals surface area contributed by atoms with Gasteiger partial charge in [-0.1, -0.05) is 12.8 Å². The molecule has 0 aliphatic carbocycles. The molecule has 0 fully saturated rings. The zero-order chi connectivity index (χ0) is 18.9. The molecule has 0 aliphatic rings. The third kappa shape index (κ3) is 7.48. The second-order valence-electron chi connectivity index (χ2n) is 5.38. The summed E-state index contributed by atoms with van der Waals surface area (Å²) >= 11 is 0. The number of unbranched alkanes of at least 4 members (excludes halogenated alkanes) is 3. The van der Waals surface area contributed by atoms with Crippen LogP contribution in [-0.2, 0) is 19.6 Å². The van der Waals surface area contributed by atoms with E-state index in [1.165, 1.54) is 12.1 Å². The molecule has 0 unspecified atom stereocenters. The van der Waals surface area contributed by atoms with Crippen LogP contribution in [0.3, 0.4) is 0 Å². The topological polar surface area (TPSA) is 142 Å². The largest absolute Gasteiger partial charge is 0.466 e. The van der Waals surface area contributed by atoms with Crippen molar-refractivity contribution in [2.45, 2.75) is 43.9 Å². The number of nitro benzene ring substituents is 1. The van der Waals surface area contributed by atoms with Crippen molar-refractivity contribution >= 4 is 27.4 Å². The van der Waals surface area contributed by atoms with E-state index in [1.54, 1.807) is 6.92 Å². The van der Waals surface area contributed by atoms with Gasteiger partial charge < -0.3 is 10.1 Å². The first-order valence-corrected chi connectivity index (χ1v) is 9.51. The van der Waals surface area contributed by atoms with E-state index in [0.29, 0.717) is 19.6 Å². The van der Waals surface area contributed by atoms with Crippen molar-refractivity contribution < 1.29 is 22.9 Å². The summed E-state index contributed by atoms with van der Waals surface area (Å²) in [6.07, 6.45) is 3.60. The number of ether oxygens (including phenoxy) is 1. The Morgan fingerprint density at radius 2 is 1.96 bits per heavy atom. The molecule has 0 amide bonds. The van der Waals surface area contributed by atoms with E-state index in [9.17, 15) is 23.3 Å². The number of nitrogens with zero attached hydrogens (tertiary/aromatic N) is 1. The van der Waals surface area contributed by atoms with Gasteiger partial charge in [-0.15, -0.1) is 0 Å². The van der Waals surface area contributed by atoms with Crippen molar-refractivity contribution in [3.8, 4) is 0 Å². The fourth-order valence-electron chi connectivity index (χ4n) is 2.19. The van der Waals surface area contributed by atoms with Crippen LogP contribution in [0.4, 0.5) is 11.4 Å². The maximum atomic E-state index is 11.3. The maximum Gasteiger partial charge on any atom is 0.305 e. The molecule has 0 atom stereocenters. The quantitative estimate of drug-likeness (QED) is 0.262. The third-order valence-corrected chi connectivity index (χ3v) is 4.33. The van der Waals surface area contributed by atoms with E-state index in [4.69, 9.17) is 9.88 Å². The first-order valence-electron chi connectivity index (χ1n) is 7.96. The SMILES string of the molecule is CCOC(=O)CCCCCCNc1ccc(S(N)(=O)=O)cc1[N+](=O)[O-]. The average Bonchev–Trinajstić information content (AvgIpc) is 2.53. The molecule has 0 saturated carbocycles. The van der Waals surface area contributed by atoms with E-state index in [1.807, 2.05) is 0 Å². The van der Waals surface area contributed by atoms with E-state index in [2.05, 4.69) is 5.32 Å². The molecule has 140 valence electrons. The second kappa shape index (κ2) is 9.94. The molecular formula is C15H23N3O6S. The van der Waals surface area contributed by atoms with Gasteiger partial charge in [-0.3, -0.25) is 14.9 Å². The Morgan fingerprint density at radius 3 is 2.56 bits per heavy atom. The number of nitrogens with one attached hydrogen (secondary N) is 1. The van der Waals surface area contributed by atoms with Crippen molar-refractivity contribution in [1.29, 1.82) is 0 Å². The number of hydrogen-bond acceptors (Lipinski definition) is 7. The normalized spacial score (nSPS) is 11.1. The zero-order valence-corrected chi connectivity index (χ0v) is 14.9. The zero-order valence-electron chi connectivity index (χ0n) is 14.1. The van der Waals surface area contributed by atoms with Crippen LogP contribution in [-0.4, -0.2) is 32.5 Å². The van der Waals surface area contributed by atoms with Crippen LogP contribution in [0, 0.1) is 10.1 Å². The van der Waals surface area contributed by atoms with Crippen molar-refractivity contribution in [3.05, 3.63) is 28.3 Å². The van der Waals surface area contributed by atoms with Crippen LogP contribution in [0.2, 0.25) is 0 Å². The van der Waals surface area contributed by atoms with E-state index in [-0.39, 0.29) is 22.2 Å².